The Morgan fingerprint density at radius 1 is 0.840 bits per heavy atom. The van der Waals surface area contributed by atoms with Crippen LogP contribution in [0.2, 0.25) is 0 Å². The third-order valence-corrected chi connectivity index (χ3v) is 3.68. The lowest BCUT2D eigenvalue weighted by Crippen LogP contribution is -2.29. The smallest absolute Gasteiger partial charge is 0.145 e. The van der Waals surface area contributed by atoms with Crippen LogP contribution in [0.4, 0.5) is 0 Å². The maximum atomic E-state index is 6.07. The summed E-state index contributed by atoms with van der Waals surface area (Å²) in [5, 5.41) is 0. The molecular weight excluding hydrogens is 312 g/mol. The lowest BCUT2D eigenvalue weighted by atomic mass is 10.0. The van der Waals surface area contributed by atoms with E-state index in [0.29, 0.717) is 32.3 Å². The predicted octanol–water partition coefficient (Wildman–Crippen LogP) is 5.52. The molecule has 0 aliphatic rings. The van der Waals surface area contributed by atoms with Crippen molar-refractivity contribution in [1.82, 2.24) is 0 Å². The first-order valence-electron chi connectivity index (χ1n) is 9.07. The molecule has 0 aliphatic heterocycles. The summed E-state index contributed by atoms with van der Waals surface area (Å²) in [5.41, 5.74) is 3.81. The van der Waals surface area contributed by atoms with E-state index < -0.39 is 0 Å². The predicted molar refractivity (Wildman–Crippen MR) is 105 cm³/mol. The highest BCUT2D eigenvalue weighted by Gasteiger charge is 2.12. The van der Waals surface area contributed by atoms with Gasteiger partial charge in [0.15, 0.2) is 0 Å². The van der Waals surface area contributed by atoms with Gasteiger partial charge in [0.1, 0.15) is 11.9 Å². The van der Waals surface area contributed by atoms with Crippen molar-refractivity contribution in [3.63, 3.8) is 0 Å². The molecule has 0 N–H and O–H groups in total. The Labute approximate surface area is 153 Å². The van der Waals surface area contributed by atoms with E-state index in [1.54, 1.807) is 0 Å². The molecule has 0 unspecified atom stereocenters. The molecule has 3 heteroatoms. The van der Waals surface area contributed by atoms with E-state index in [0.717, 1.165) is 5.75 Å². The summed E-state index contributed by atoms with van der Waals surface area (Å²) in [6.45, 7) is 14.8. The van der Waals surface area contributed by atoms with Crippen LogP contribution < -0.4 is 4.74 Å². The van der Waals surface area contributed by atoms with Crippen LogP contribution in [0.3, 0.4) is 0 Å². The summed E-state index contributed by atoms with van der Waals surface area (Å²) in [6.07, 6.45) is 4.01. The molecule has 0 saturated heterocycles. The lowest BCUT2D eigenvalue weighted by Gasteiger charge is -2.19. The molecule has 0 aromatic heterocycles. The number of benzene rings is 1. The molecule has 0 saturated carbocycles. The van der Waals surface area contributed by atoms with Crippen LogP contribution in [0.25, 0.3) is 0 Å². The maximum Gasteiger partial charge on any atom is 0.145 e. The van der Waals surface area contributed by atoms with E-state index in [-0.39, 0.29) is 6.10 Å². The minimum atomic E-state index is -0.124. The van der Waals surface area contributed by atoms with Gasteiger partial charge in [-0.1, -0.05) is 49.3 Å². The summed E-state index contributed by atoms with van der Waals surface area (Å²) in [7, 11) is 0. The van der Waals surface area contributed by atoms with E-state index >= 15 is 0 Å². The molecular formula is C22H34O3. The molecule has 0 heterocycles. The maximum absolute atomic E-state index is 6.07. The van der Waals surface area contributed by atoms with Crippen molar-refractivity contribution in [1.29, 1.82) is 0 Å². The fourth-order valence-corrected chi connectivity index (χ4v) is 2.09. The first kappa shape index (κ1) is 21.5. The molecule has 1 aromatic rings. The van der Waals surface area contributed by atoms with E-state index in [1.165, 1.54) is 16.7 Å². The van der Waals surface area contributed by atoms with Crippen LogP contribution in [0, 0.1) is 0 Å². The summed E-state index contributed by atoms with van der Waals surface area (Å²) >= 11 is 0. The monoisotopic (exact) mass is 346 g/mol. The fraction of sp³-hybridized carbons (Fsp3) is 0.545. The van der Waals surface area contributed by atoms with E-state index in [9.17, 15) is 0 Å². The molecule has 0 fully saturated rings. The van der Waals surface area contributed by atoms with Crippen LogP contribution in [-0.2, 0) is 9.47 Å². The highest BCUT2D eigenvalue weighted by molar-refractivity contribution is 5.29. The molecule has 140 valence electrons. The van der Waals surface area contributed by atoms with Gasteiger partial charge in [-0.3, -0.25) is 0 Å². The second-order valence-corrected chi connectivity index (χ2v) is 7.10. The van der Waals surface area contributed by atoms with Gasteiger partial charge in [0.25, 0.3) is 0 Å². The van der Waals surface area contributed by atoms with Gasteiger partial charge in [-0.05, 0) is 51.3 Å². The second-order valence-electron chi connectivity index (χ2n) is 7.10. The summed E-state index contributed by atoms with van der Waals surface area (Å²) in [4.78, 5) is 0. The molecule has 0 atom stereocenters. The molecule has 0 bridgehead atoms. The normalized spacial score (nSPS) is 10.9. The van der Waals surface area contributed by atoms with Crippen molar-refractivity contribution < 1.29 is 14.2 Å². The lowest BCUT2D eigenvalue weighted by molar-refractivity contribution is 0.00672. The van der Waals surface area contributed by atoms with Gasteiger partial charge in [-0.25, -0.2) is 0 Å². The highest BCUT2D eigenvalue weighted by atomic mass is 16.6. The largest absolute Gasteiger partial charge is 0.486 e. The zero-order valence-corrected chi connectivity index (χ0v) is 16.7. The van der Waals surface area contributed by atoms with Crippen molar-refractivity contribution in [2.24, 2.45) is 0 Å². The molecule has 0 aliphatic carbocycles. The fourth-order valence-electron chi connectivity index (χ4n) is 2.09. The van der Waals surface area contributed by atoms with E-state index in [4.69, 9.17) is 14.2 Å². The molecule has 0 amide bonds. The average Bonchev–Trinajstić information content (AvgIpc) is 2.55. The van der Waals surface area contributed by atoms with Crippen molar-refractivity contribution in [2.45, 2.75) is 53.6 Å². The van der Waals surface area contributed by atoms with Crippen molar-refractivity contribution in [2.75, 3.05) is 26.4 Å². The van der Waals surface area contributed by atoms with Gasteiger partial charge < -0.3 is 14.2 Å². The van der Waals surface area contributed by atoms with Gasteiger partial charge in [0, 0.05) is 0 Å². The zero-order chi connectivity index (χ0) is 18.7. The Morgan fingerprint density at radius 3 is 1.72 bits per heavy atom. The number of rotatable bonds is 11. The van der Waals surface area contributed by atoms with Crippen LogP contribution in [0.15, 0.2) is 47.6 Å². The Balaban J connectivity index is 2.58. The minimum absolute atomic E-state index is 0.124. The Kier molecular flexibility index (Phi) is 10.2. The number of allylic oxidation sites excluding steroid dienone is 2. The molecule has 3 nitrogen and oxygen atoms in total. The zero-order valence-electron chi connectivity index (χ0n) is 16.7. The van der Waals surface area contributed by atoms with E-state index in [1.807, 2.05) is 12.1 Å². The third kappa shape index (κ3) is 10.1. The molecule has 0 radical (unpaired) electrons. The number of ether oxygens (including phenoxy) is 3. The van der Waals surface area contributed by atoms with Gasteiger partial charge in [0.05, 0.1) is 26.4 Å². The summed E-state index contributed by atoms with van der Waals surface area (Å²) in [6, 6.07) is 8.28. The average molecular weight is 347 g/mol. The first-order chi connectivity index (χ1) is 11.9. The Hall–Kier alpha value is -1.58. The standard InChI is InChI=1S/C22H34O3/c1-17(2)11-13-23-15-22(16-24-14-12-18(3)4)25-21-9-7-20(8-10-21)19(5)6/h7-12,19,22H,13-16H2,1-6H3. The number of hydrogen-bond acceptors (Lipinski definition) is 3. The van der Waals surface area contributed by atoms with Gasteiger partial charge in [-0.2, -0.15) is 0 Å². The molecule has 1 aromatic carbocycles. The van der Waals surface area contributed by atoms with Crippen molar-refractivity contribution >= 4 is 0 Å². The Bertz CT molecular complexity index is 509. The van der Waals surface area contributed by atoms with Crippen LogP contribution in [0.5, 0.6) is 5.75 Å². The second kappa shape index (κ2) is 11.9. The summed E-state index contributed by atoms with van der Waals surface area (Å²) in [5.74, 6) is 1.37. The van der Waals surface area contributed by atoms with Crippen LogP contribution >= 0.6 is 0 Å². The van der Waals surface area contributed by atoms with Crippen LogP contribution in [-0.4, -0.2) is 32.5 Å². The minimum Gasteiger partial charge on any atom is -0.486 e. The number of hydrogen-bond donors (Lipinski definition) is 0. The quantitative estimate of drug-likeness (QED) is 0.390. The molecule has 0 spiro atoms. The van der Waals surface area contributed by atoms with Crippen molar-refractivity contribution in [3.8, 4) is 5.75 Å². The summed E-state index contributed by atoms with van der Waals surface area (Å²) < 4.78 is 17.5. The molecule has 1 rings (SSSR count). The third-order valence-electron chi connectivity index (χ3n) is 3.68. The molecule has 25 heavy (non-hydrogen) atoms. The van der Waals surface area contributed by atoms with Gasteiger partial charge in [-0.15, -0.1) is 0 Å². The first-order valence-corrected chi connectivity index (χ1v) is 9.07. The van der Waals surface area contributed by atoms with Gasteiger partial charge in [0.2, 0.25) is 0 Å². The van der Waals surface area contributed by atoms with Gasteiger partial charge >= 0.3 is 0 Å². The SMILES string of the molecule is CC(C)=CCOCC(COCC=C(C)C)Oc1ccc(C(C)C)cc1. The van der Waals surface area contributed by atoms with E-state index in [2.05, 4.69) is 65.8 Å². The highest BCUT2D eigenvalue weighted by Crippen LogP contribution is 2.19. The Morgan fingerprint density at radius 2 is 1.32 bits per heavy atom. The topological polar surface area (TPSA) is 27.7 Å². The van der Waals surface area contributed by atoms with Crippen LogP contribution in [0.1, 0.15) is 53.0 Å². The van der Waals surface area contributed by atoms with Crippen molar-refractivity contribution in [3.05, 3.63) is 53.1 Å².